The number of aromatic hydroxyl groups is 1. The molecule has 1 aliphatic carbocycles. The Morgan fingerprint density at radius 1 is 0.533 bits per heavy atom. The van der Waals surface area contributed by atoms with Crippen LogP contribution in [0.4, 0.5) is 11.4 Å². The summed E-state index contributed by atoms with van der Waals surface area (Å²) in [6, 6.07) is 46.6. The Bertz CT molecular complexity index is 2290. The molecule has 0 heterocycles. The van der Waals surface area contributed by atoms with Crippen molar-refractivity contribution in [2.24, 2.45) is 0 Å². The van der Waals surface area contributed by atoms with Gasteiger partial charge in [-0.1, -0.05) is 88.1 Å². The summed E-state index contributed by atoms with van der Waals surface area (Å²) in [7, 11) is 0. The molecule has 0 saturated heterocycles. The van der Waals surface area contributed by atoms with Crippen LogP contribution in [0.2, 0.25) is 0 Å². The SMILES string of the molecule is CCCCC1(CCCC)c2cc(-c3ccc(N(CC)CCOc4ccc(O)cc4)cc3)ccc2-c2ccc(-c3ccc(N(CC)CCOc4ccc(C=O)cc4)cc3)cc21. The first-order chi connectivity index (χ1) is 29.4. The number of phenolic OH excluding ortho intramolecular Hbond substituents is 1. The maximum Gasteiger partial charge on any atom is 0.150 e. The predicted octanol–water partition coefficient (Wildman–Crippen LogP) is 13.0. The normalized spacial score (nSPS) is 12.4. The monoisotopic (exact) mass is 800 g/mol. The van der Waals surface area contributed by atoms with Gasteiger partial charge in [0.2, 0.25) is 0 Å². The second-order valence-corrected chi connectivity index (χ2v) is 15.9. The van der Waals surface area contributed by atoms with Crippen LogP contribution in [-0.2, 0) is 5.41 Å². The van der Waals surface area contributed by atoms with E-state index in [0.717, 1.165) is 56.8 Å². The summed E-state index contributed by atoms with van der Waals surface area (Å²) in [5.41, 5.74) is 13.7. The fourth-order valence-corrected chi connectivity index (χ4v) is 8.88. The zero-order valence-electron chi connectivity index (χ0n) is 35.8. The van der Waals surface area contributed by atoms with Gasteiger partial charge in [0, 0.05) is 35.4 Å². The molecule has 6 aromatic carbocycles. The second-order valence-electron chi connectivity index (χ2n) is 15.9. The number of likely N-dealkylation sites (N-methyl/N-ethyl adjacent to an activating group) is 2. The molecule has 0 aliphatic heterocycles. The highest BCUT2D eigenvalue weighted by Gasteiger charge is 2.42. The first-order valence-electron chi connectivity index (χ1n) is 22.0. The van der Waals surface area contributed by atoms with Gasteiger partial charge in [0.05, 0.1) is 13.1 Å². The molecule has 0 atom stereocenters. The molecule has 0 amide bonds. The molecule has 7 rings (SSSR count). The lowest BCUT2D eigenvalue weighted by molar-refractivity contribution is 0.112. The molecule has 60 heavy (non-hydrogen) atoms. The molecule has 0 radical (unpaired) electrons. The number of hydrogen-bond acceptors (Lipinski definition) is 6. The molecular formula is C54H60N2O4. The summed E-state index contributed by atoms with van der Waals surface area (Å²) in [6.45, 7) is 13.4. The van der Waals surface area contributed by atoms with Gasteiger partial charge in [-0.25, -0.2) is 0 Å². The number of carbonyl (C=O) groups excluding carboxylic acids is 1. The number of phenols is 1. The molecule has 6 nitrogen and oxygen atoms in total. The number of ether oxygens (including phenoxy) is 2. The Balaban J connectivity index is 1.11. The quantitative estimate of drug-likeness (QED) is 0.0732. The van der Waals surface area contributed by atoms with Crippen molar-refractivity contribution >= 4 is 17.7 Å². The lowest BCUT2D eigenvalue weighted by Crippen LogP contribution is -2.28. The van der Waals surface area contributed by atoms with Gasteiger partial charge in [-0.2, -0.15) is 0 Å². The first kappa shape index (κ1) is 42.1. The Kier molecular flexibility index (Phi) is 13.9. The van der Waals surface area contributed by atoms with Gasteiger partial charge < -0.3 is 24.4 Å². The highest BCUT2D eigenvalue weighted by Crippen LogP contribution is 2.55. The minimum Gasteiger partial charge on any atom is -0.508 e. The van der Waals surface area contributed by atoms with E-state index >= 15 is 0 Å². The molecule has 1 aliphatic rings. The van der Waals surface area contributed by atoms with Gasteiger partial charge in [-0.3, -0.25) is 4.79 Å². The second kappa shape index (κ2) is 19.8. The number of aldehydes is 1. The van der Waals surface area contributed by atoms with Crippen molar-refractivity contribution < 1.29 is 19.4 Å². The number of unbranched alkanes of at least 4 members (excludes halogenated alkanes) is 2. The number of benzene rings is 6. The van der Waals surface area contributed by atoms with Crippen LogP contribution >= 0.6 is 0 Å². The maximum absolute atomic E-state index is 11.0. The highest BCUT2D eigenvalue weighted by molar-refractivity contribution is 5.86. The average molecular weight is 801 g/mol. The fraction of sp³-hybridized carbons (Fsp3) is 0.315. The van der Waals surface area contributed by atoms with Crippen molar-refractivity contribution in [3.63, 3.8) is 0 Å². The largest absolute Gasteiger partial charge is 0.508 e. The van der Waals surface area contributed by atoms with E-state index in [1.807, 2.05) is 12.1 Å². The van der Waals surface area contributed by atoms with E-state index in [9.17, 15) is 9.90 Å². The van der Waals surface area contributed by atoms with Crippen LogP contribution in [0, 0.1) is 0 Å². The molecule has 310 valence electrons. The number of rotatable bonds is 21. The zero-order valence-corrected chi connectivity index (χ0v) is 35.8. The summed E-state index contributed by atoms with van der Waals surface area (Å²) in [6.07, 6.45) is 7.83. The smallest absolute Gasteiger partial charge is 0.150 e. The van der Waals surface area contributed by atoms with E-state index in [1.165, 1.54) is 81.6 Å². The molecule has 1 N–H and O–H groups in total. The summed E-state index contributed by atoms with van der Waals surface area (Å²) in [4.78, 5) is 15.7. The number of carbonyl (C=O) groups is 1. The third kappa shape index (κ3) is 9.39. The van der Waals surface area contributed by atoms with E-state index in [4.69, 9.17) is 9.47 Å². The molecule has 6 heteroatoms. The molecule has 0 fully saturated rings. The van der Waals surface area contributed by atoms with Crippen molar-refractivity contribution in [3.8, 4) is 50.6 Å². The minimum absolute atomic E-state index is 0.0360. The van der Waals surface area contributed by atoms with Gasteiger partial charge in [0.1, 0.15) is 36.7 Å². The van der Waals surface area contributed by atoms with E-state index in [0.29, 0.717) is 18.8 Å². The van der Waals surface area contributed by atoms with Crippen LogP contribution in [0.3, 0.4) is 0 Å². The van der Waals surface area contributed by atoms with Crippen LogP contribution < -0.4 is 19.3 Å². The van der Waals surface area contributed by atoms with Gasteiger partial charge in [-0.15, -0.1) is 0 Å². The van der Waals surface area contributed by atoms with Gasteiger partial charge in [0.25, 0.3) is 0 Å². The molecule has 0 bridgehead atoms. The van der Waals surface area contributed by atoms with Crippen LogP contribution in [-0.4, -0.2) is 50.8 Å². The molecule has 0 unspecified atom stereocenters. The lowest BCUT2D eigenvalue weighted by atomic mass is 9.70. The first-order valence-corrected chi connectivity index (χ1v) is 22.0. The van der Waals surface area contributed by atoms with Gasteiger partial charge >= 0.3 is 0 Å². The van der Waals surface area contributed by atoms with Crippen molar-refractivity contribution in [2.75, 3.05) is 49.2 Å². The van der Waals surface area contributed by atoms with Gasteiger partial charge in [0.15, 0.2) is 0 Å². The van der Waals surface area contributed by atoms with E-state index < -0.39 is 0 Å². The standard InChI is InChI=1S/C54H60N2O4/c1-5-9-31-54(32-10-6-2)52-37-43(41-13-19-45(20-14-41)55(7-3)33-35-59-48-25-11-40(39-57)12-26-48)17-29-50(52)51-30-18-44(38-53(51)54)42-15-21-46(22-16-42)56(8-4)34-36-60-49-27-23-47(58)24-28-49/h11-30,37-39,58H,5-10,31-36H2,1-4H3. The van der Waals surface area contributed by atoms with Crippen LogP contribution in [0.15, 0.2) is 133 Å². The molecule has 0 spiro atoms. The lowest BCUT2D eigenvalue weighted by Gasteiger charge is -2.33. The Labute approximate surface area is 357 Å². The molecule has 6 aromatic rings. The summed E-state index contributed by atoms with van der Waals surface area (Å²) >= 11 is 0. The summed E-state index contributed by atoms with van der Waals surface area (Å²) in [5, 5.41) is 9.59. The van der Waals surface area contributed by atoms with Crippen LogP contribution in [0.1, 0.15) is 87.7 Å². The van der Waals surface area contributed by atoms with E-state index in [-0.39, 0.29) is 11.2 Å². The van der Waals surface area contributed by atoms with Gasteiger partial charge in [-0.05, 0) is 156 Å². The number of anilines is 2. The molecular weight excluding hydrogens is 741 g/mol. The van der Waals surface area contributed by atoms with E-state index in [2.05, 4.69) is 122 Å². The predicted molar refractivity (Wildman–Crippen MR) is 249 cm³/mol. The average Bonchev–Trinajstić information content (AvgIpc) is 3.56. The fourth-order valence-electron chi connectivity index (χ4n) is 8.88. The Morgan fingerprint density at radius 2 is 0.950 bits per heavy atom. The molecule has 0 aromatic heterocycles. The molecule has 0 saturated carbocycles. The summed E-state index contributed by atoms with van der Waals surface area (Å²) < 4.78 is 12.0. The number of nitrogens with zero attached hydrogens (tertiary/aromatic N) is 2. The minimum atomic E-state index is -0.0360. The van der Waals surface area contributed by atoms with Crippen LogP contribution in [0.25, 0.3) is 33.4 Å². The third-order valence-corrected chi connectivity index (χ3v) is 12.3. The highest BCUT2D eigenvalue weighted by atomic mass is 16.5. The third-order valence-electron chi connectivity index (χ3n) is 12.3. The Morgan fingerprint density at radius 3 is 1.35 bits per heavy atom. The number of hydrogen-bond donors (Lipinski definition) is 1. The van der Waals surface area contributed by atoms with Crippen molar-refractivity contribution in [2.45, 2.75) is 71.6 Å². The maximum atomic E-state index is 11.0. The van der Waals surface area contributed by atoms with Crippen molar-refractivity contribution in [1.82, 2.24) is 0 Å². The summed E-state index contributed by atoms with van der Waals surface area (Å²) in [5.74, 6) is 1.78. The van der Waals surface area contributed by atoms with Crippen molar-refractivity contribution in [3.05, 3.63) is 150 Å². The Hall–Kier alpha value is -6.01. The zero-order chi connectivity index (χ0) is 41.9. The topological polar surface area (TPSA) is 62.2 Å². The van der Waals surface area contributed by atoms with Crippen LogP contribution in [0.5, 0.6) is 17.2 Å². The van der Waals surface area contributed by atoms with Crippen molar-refractivity contribution in [1.29, 1.82) is 0 Å². The van der Waals surface area contributed by atoms with E-state index in [1.54, 1.807) is 36.4 Å². The number of fused-ring (bicyclic) bond motifs is 3.